The highest BCUT2D eigenvalue weighted by Crippen LogP contribution is 2.40. The Bertz CT molecular complexity index is 744. The summed E-state index contributed by atoms with van der Waals surface area (Å²) in [5, 5.41) is 1.19. The summed E-state index contributed by atoms with van der Waals surface area (Å²) in [6.07, 6.45) is -3.85. The minimum Gasteiger partial charge on any atom is -0.405 e. The quantitative estimate of drug-likeness (QED) is 0.631. The fraction of sp³-hybridized carbons (Fsp3) is 0.368. The second-order valence-corrected chi connectivity index (χ2v) is 5.99. The molecule has 1 atom stereocenters. The van der Waals surface area contributed by atoms with Gasteiger partial charge in [0, 0.05) is 5.39 Å². The number of allylic oxidation sites excluding steroid dienone is 1. The van der Waals surface area contributed by atoms with E-state index in [4.69, 9.17) is 0 Å². The summed E-state index contributed by atoms with van der Waals surface area (Å²) >= 11 is 0. The number of alkyl halides is 3. The number of aryl methyl sites for hydroxylation is 1. The molecule has 0 N–H and O–H groups in total. The van der Waals surface area contributed by atoms with Crippen LogP contribution < -0.4 is 4.74 Å². The second kappa shape index (κ2) is 6.26. The predicted molar refractivity (Wildman–Crippen MR) is 88.6 cm³/mol. The van der Waals surface area contributed by atoms with Crippen LogP contribution in [0, 0.1) is 19.8 Å². The molecule has 0 aliphatic carbocycles. The summed E-state index contributed by atoms with van der Waals surface area (Å²) in [4.78, 5) is 0. The smallest absolute Gasteiger partial charge is 0.405 e. The van der Waals surface area contributed by atoms with Crippen molar-refractivity contribution in [1.82, 2.24) is 0 Å². The van der Waals surface area contributed by atoms with Crippen molar-refractivity contribution in [2.75, 3.05) is 0 Å². The molecule has 0 spiro atoms. The van der Waals surface area contributed by atoms with Crippen molar-refractivity contribution in [2.45, 2.75) is 40.5 Å². The molecule has 4 heteroatoms. The predicted octanol–water partition coefficient (Wildman–Crippen LogP) is 6.41. The van der Waals surface area contributed by atoms with E-state index in [0.717, 1.165) is 28.5 Å². The highest BCUT2D eigenvalue weighted by Gasteiger charge is 2.33. The van der Waals surface area contributed by atoms with Gasteiger partial charge in [0.05, 0.1) is 0 Å². The number of hydrogen-bond acceptors (Lipinski definition) is 1. The summed E-state index contributed by atoms with van der Waals surface area (Å²) in [6, 6.07) is 7.24. The lowest BCUT2D eigenvalue weighted by Gasteiger charge is -2.21. The van der Waals surface area contributed by atoms with E-state index in [1.165, 1.54) is 0 Å². The number of fused-ring (bicyclic) bond motifs is 1. The molecule has 0 fully saturated rings. The average molecular weight is 322 g/mol. The third kappa shape index (κ3) is 3.69. The van der Waals surface area contributed by atoms with Gasteiger partial charge in [0.1, 0.15) is 5.75 Å². The van der Waals surface area contributed by atoms with Crippen molar-refractivity contribution in [2.24, 2.45) is 5.92 Å². The molecular formula is C19H21F3O. The van der Waals surface area contributed by atoms with Gasteiger partial charge in [-0.25, -0.2) is 0 Å². The molecule has 124 valence electrons. The van der Waals surface area contributed by atoms with E-state index in [1.807, 2.05) is 32.9 Å². The summed E-state index contributed by atoms with van der Waals surface area (Å²) in [7, 11) is 0. The lowest BCUT2D eigenvalue weighted by Crippen LogP contribution is -2.18. The average Bonchev–Trinajstić information content (AvgIpc) is 2.47. The first-order chi connectivity index (χ1) is 10.6. The molecule has 0 amide bonds. The van der Waals surface area contributed by atoms with E-state index in [0.29, 0.717) is 10.9 Å². The standard InChI is InChI=1S/C19H21F3O/c1-6-12(3)13(4)17-10-15-9-11(2)7-8-16(15)18(14(17)5)23-19(20,21)22/h7-10,12H,4,6H2,1-3,5H3. The van der Waals surface area contributed by atoms with Crippen LogP contribution in [0.15, 0.2) is 30.8 Å². The Morgan fingerprint density at radius 3 is 2.43 bits per heavy atom. The molecule has 0 aliphatic heterocycles. The Hall–Kier alpha value is -1.97. The van der Waals surface area contributed by atoms with Gasteiger partial charge in [-0.3, -0.25) is 0 Å². The van der Waals surface area contributed by atoms with Crippen LogP contribution in [0.4, 0.5) is 13.2 Å². The molecule has 1 unspecified atom stereocenters. The summed E-state index contributed by atoms with van der Waals surface area (Å²) in [5.74, 6) is 0.0594. The molecule has 0 bridgehead atoms. The van der Waals surface area contributed by atoms with Crippen LogP contribution in [0.1, 0.15) is 37.0 Å². The molecule has 0 saturated heterocycles. The monoisotopic (exact) mass is 322 g/mol. The van der Waals surface area contributed by atoms with Gasteiger partial charge in [0.25, 0.3) is 0 Å². The zero-order chi connectivity index (χ0) is 17.4. The molecule has 0 aliphatic rings. The Morgan fingerprint density at radius 1 is 1.22 bits per heavy atom. The highest BCUT2D eigenvalue weighted by molar-refractivity contribution is 5.94. The summed E-state index contributed by atoms with van der Waals surface area (Å²) in [5.41, 5.74) is 3.03. The largest absolute Gasteiger partial charge is 0.573 e. The van der Waals surface area contributed by atoms with Crippen molar-refractivity contribution in [1.29, 1.82) is 0 Å². The maximum absolute atomic E-state index is 12.8. The molecule has 2 aromatic carbocycles. The Kier molecular flexibility index (Phi) is 4.73. The first-order valence-corrected chi connectivity index (χ1v) is 7.63. The van der Waals surface area contributed by atoms with Crippen LogP contribution in [0.25, 0.3) is 16.3 Å². The Morgan fingerprint density at radius 2 is 1.87 bits per heavy atom. The van der Waals surface area contributed by atoms with E-state index in [9.17, 15) is 13.2 Å². The molecule has 23 heavy (non-hydrogen) atoms. The molecule has 0 heterocycles. The lowest BCUT2D eigenvalue weighted by molar-refractivity contribution is -0.274. The maximum Gasteiger partial charge on any atom is 0.573 e. The van der Waals surface area contributed by atoms with E-state index in [1.54, 1.807) is 19.1 Å². The van der Waals surface area contributed by atoms with Crippen LogP contribution in [0.3, 0.4) is 0 Å². The van der Waals surface area contributed by atoms with E-state index >= 15 is 0 Å². The lowest BCUT2D eigenvalue weighted by atomic mass is 9.88. The van der Waals surface area contributed by atoms with Crippen LogP contribution in [-0.4, -0.2) is 6.36 Å². The third-order valence-corrected chi connectivity index (χ3v) is 4.27. The third-order valence-electron chi connectivity index (χ3n) is 4.27. The number of benzene rings is 2. The minimum absolute atomic E-state index is 0.130. The van der Waals surface area contributed by atoms with Gasteiger partial charge in [-0.15, -0.1) is 13.2 Å². The number of ether oxygens (including phenoxy) is 1. The van der Waals surface area contributed by atoms with E-state index in [2.05, 4.69) is 11.3 Å². The van der Waals surface area contributed by atoms with Crippen LogP contribution in [0.5, 0.6) is 5.75 Å². The first-order valence-electron chi connectivity index (χ1n) is 7.63. The van der Waals surface area contributed by atoms with Crippen molar-refractivity contribution in [3.05, 3.63) is 47.5 Å². The molecular weight excluding hydrogens is 301 g/mol. The van der Waals surface area contributed by atoms with Gasteiger partial charge in [0.15, 0.2) is 0 Å². The van der Waals surface area contributed by atoms with Crippen molar-refractivity contribution in [3.8, 4) is 5.75 Å². The zero-order valence-corrected chi connectivity index (χ0v) is 13.8. The van der Waals surface area contributed by atoms with Gasteiger partial charge in [-0.1, -0.05) is 44.2 Å². The number of hydrogen-bond donors (Lipinski definition) is 0. The van der Waals surface area contributed by atoms with Crippen LogP contribution in [0.2, 0.25) is 0 Å². The molecule has 0 saturated carbocycles. The SMILES string of the molecule is C=C(c1cc2cc(C)ccc2c(OC(F)(F)F)c1C)C(C)CC. The summed E-state index contributed by atoms with van der Waals surface area (Å²) < 4.78 is 42.9. The Balaban J connectivity index is 2.74. The molecule has 0 aromatic heterocycles. The molecule has 0 radical (unpaired) electrons. The van der Waals surface area contributed by atoms with Gasteiger partial charge in [-0.2, -0.15) is 0 Å². The van der Waals surface area contributed by atoms with Crippen molar-refractivity contribution >= 4 is 16.3 Å². The minimum atomic E-state index is -4.72. The fourth-order valence-corrected chi connectivity index (χ4v) is 2.69. The van der Waals surface area contributed by atoms with Crippen LogP contribution >= 0.6 is 0 Å². The van der Waals surface area contributed by atoms with Gasteiger partial charge in [-0.05, 0) is 54.3 Å². The van der Waals surface area contributed by atoms with Crippen LogP contribution in [-0.2, 0) is 0 Å². The van der Waals surface area contributed by atoms with E-state index < -0.39 is 6.36 Å². The maximum atomic E-state index is 12.8. The summed E-state index contributed by atoms with van der Waals surface area (Å²) in [6.45, 7) is 11.7. The number of rotatable bonds is 4. The van der Waals surface area contributed by atoms with Gasteiger partial charge >= 0.3 is 6.36 Å². The topological polar surface area (TPSA) is 9.23 Å². The first kappa shape index (κ1) is 17.4. The highest BCUT2D eigenvalue weighted by atomic mass is 19.4. The molecule has 2 rings (SSSR count). The molecule has 2 aromatic rings. The van der Waals surface area contributed by atoms with Gasteiger partial charge < -0.3 is 4.74 Å². The van der Waals surface area contributed by atoms with Crippen molar-refractivity contribution < 1.29 is 17.9 Å². The van der Waals surface area contributed by atoms with E-state index in [-0.39, 0.29) is 11.7 Å². The zero-order valence-electron chi connectivity index (χ0n) is 13.8. The Labute approximate surface area is 134 Å². The van der Waals surface area contributed by atoms with Crippen molar-refractivity contribution in [3.63, 3.8) is 0 Å². The second-order valence-electron chi connectivity index (χ2n) is 5.99. The number of halogens is 3. The normalized spacial score (nSPS) is 13.2. The fourth-order valence-electron chi connectivity index (χ4n) is 2.69. The molecule has 1 nitrogen and oxygen atoms in total. The van der Waals surface area contributed by atoms with Gasteiger partial charge in [0.2, 0.25) is 0 Å².